The fourth-order valence-electron chi connectivity index (χ4n) is 1.84. The van der Waals surface area contributed by atoms with Gasteiger partial charge in [-0.1, -0.05) is 39.7 Å². The van der Waals surface area contributed by atoms with Gasteiger partial charge in [-0.05, 0) is 57.5 Å². The largest absolute Gasteiger partial charge is 0.457 e. The molecule has 0 saturated carbocycles. The van der Waals surface area contributed by atoms with Crippen molar-refractivity contribution in [3.8, 4) is 11.5 Å². The lowest BCUT2D eigenvalue weighted by atomic mass is 10.1. The van der Waals surface area contributed by atoms with Crippen LogP contribution in [0.1, 0.15) is 31.9 Å². The molecule has 112 valence electrons. The molecule has 0 heterocycles. The average molecular weight is 348 g/mol. The Labute approximate surface area is 135 Å². The maximum Gasteiger partial charge on any atom is 0.128 e. The van der Waals surface area contributed by atoms with E-state index in [1.807, 2.05) is 36.4 Å². The molecule has 3 heteroatoms. The van der Waals surface area contributed by atoms with Crippen LogP contribution < -0.4 is 10.1 Å². The van der Waals surface area contributed by atoms with Gasteiger partial charge in [0, 0.05) is 16.6 Å². The van der Waals surface area contributed by atoms with Gasteiger partial charge < -0.3 is 10.1 Å². The molecule has 0 aliphatic carbocycles. The van der Waals surface area contributed by atoms with Gasteiger partial charge in [0.25, 0.3) is 0 Å². The number of ether oxygens (including phenoxy) is 1. The van der Waals surface area contributed by atoms with E-state index in [1.165, 1.54) is 11.1 Å². The molecule has 0 saturated heterocycles. The zero-order chi connectivity index (χ0) is 15.5. The van der Waals surface area contributed by atoms with Crippen molar-refractivity contribution in [1.82, 2.24) is 5.32 Å². The predicted octanol–water partition coefficient (Wildman–Crippen LogP) is 5.44. The third-order valence-electron chi connectivity index (χ3n) is 3.09. The molecule has 21 heavy (non-hydrogen) atoms. The molecule has 0 aliphatic rings. The summed E-state index contributed by atoms with van der Waals surface area (Å²) in [6.45, 7) is 9.38. The fourth-order valence-corrected chi connectivity index (χ4v) is 2.34. The van der Waals surface area contributed by atoms with Crippen molar-refractivity contribution in [2.45, 2.75) is 39.8 Å². The highest BCUT2D eigenvalue weighted by molar-refractivity contribution is 9.10. The number of nitrogens with one attached hydrogen (secondary N) is 1. The highest BCUT2D eigenvalue weighted by Crippen LogP contribution is 2.27. The molecule has 1 N–H and O–H groups in total. The second-order valence-corrected chi connectivity index (χ2v) is 7.13. The molecule has 0 aromatic heterocycles. The van der Waals surface area contributed by atoms with Crippen molar-refractivity contribution in [3.05, 3.63) is 58.1 Å². The summed E-state index contributed by atoms with van der Waals surface area (Å²) < 4.78 is 6.92. The Bertz CT molecular complexity index is 600. The second-order valence-electron chi connectivity index (χ2n) is 6.27. The van der Waals surface area contributed by atoms with Gasteiger partial charge in [0.15, 0.2) is 0 Å². The lowest BCUT2D eigenvalue weighted by Gasteiger charge is -2.21. The van der Waals surface area contributed by atoms with Crippen LogP contribution in [0.4, 0.5) is 0 Å². The summed E-state index contributed by atoms with van der Waals surface area (Å²) in [6, 6.07) is 14.2. The number of rotatable bonds is 4. The fraction of sp³-hybridized carbons (Fsp3) is 0.333. The first-order valence-corrected chi connectivity index (χ1v) is 7.91. The van der Waals surface area contributed by atoms with Gasteiger partial charge in [0.1, 0.15) is 11.5 Å². The van der Waals surface area contributed by atoms with E-state index in [9.17, 15) is 0 Å². The van der Waals surface area contributed by atoms with Crippen molar-refractivity contribution in [3.63, 3.8) is 0 Å². The minimum absolute atomic E-state index is 0.108. The summed E-state index contributed by atoms with van der Waals surface area (Å²) in [5.74, 6) is 1.69. The van der Waals surface area contributed by atoms with Crippen molar-refractivity contribution >= 4 is 15.9 Å². The normalized spacial score (nSPS) is 11.5. The maximum absolute atomic E-state index is 5.86. The Balaban J connectivity index is 2.06. The molecule has 2 rings (SSSR count). The summed E-state index contributed by atoms with van der Waals surface area (Å²) >= 11 is 3.62. The molecule has 0 atom stereocenters. The van der Waals surface area contributed by atoms with E-state index in [2.05, 4.69) is 55.0 Å². The molecule has 0 aliphatic heterocycles. The van der Waals surface area contributed by atoms with E-state index in [-0.39, 0.29) is 5.54 Å². The van der Waals surface area contributed by atoms with Crippen LogP contribution in [0.2, 0.25) is 0 Å². The van der Waals surface area contributed by atoms with Gasteiger partial charge in [0.2, 0.25) is 0 Å². The summed E-state index contributed by atoms with van der Waals surface area (Å²) in [4.78, 5) is 0. The van der Waals surface area contributed by atoms with Gasteiger partial charge in [0.05, 0.1) is 0 Å². The monoisotopic (exact) mass is 347 g/mol. The first-order valence-electron chi connectivity index (χ1n) is 7.11. The van der Waals surface area contributed by atoms with Crippen LogP contribution in [0.15, 0.2) is 46.9 Å². The smallest absolute Gasteiger partial charge is 0.128 e. The average Bonchev–Trinajstić information content (AvgIpc) is 2.39. The van der Waals surface area contributed by atoms with E-state index in [0.717, 1.165) is 22.5 Å². The molecule has 0 unspecified atom stereocenters. The second kappa shape index (κ2) is 6.63. The molecule has 0 amide bonds. The standard InChI is InChI=1S/C18H22BrNO/c1-13-5-8-15(9-6-13)21-16-10-7-14(17(19)11-16)12-20-18(2,3)4/h5-11,20H,12H2,1-4H3. The zero-order valence-corrected chi connectivity index (χ0v) is 14.6. The van der Waals surface area contributed by atoms with Gasteiger partial charge in [-0.2, -0.15) is 0 Å². The third-order valence-corrected chi connectivity index (χ3v) is 3.83. The summed E-state index contributed by atoms with van der Waals surface area (Å²) in [5.41, 5.74) is 2.56. The SMILES string of the molecule is Cc1ccc(Oc2ccc(CNC(C)(C)C)c(Br)c2)cc1. The van der Waals surface area contributed by atoms with Crippen LogP contribution in [0.3, 0.4) is 0 Å². The molecule has 2 aromatic carbocycles. The number of hydrogen-bond donors (Lipinski definition) is 1. The van der Waals surface area contributed by atoms with Crippen LogP contribution in [0.5, 0.6) is 11.5 Å². The number of benzene rings is 2. The molecule has 0 spiro atoms. The van der Waals surface area contributed by atoms with Gasteiger partial charge in [-0.3, -0.25) is 0 Å². The number of halogens is 1. The summed E-state index contributed by atoms with van der Waals surface area (Å²) in [7, 11) is 0. The third kappa shape index (κ3) is 5.18. The Morgan fingerprint density at radius 1 is 1.00 bits per heavy atom. The lowest BCUT2D eigenvalue weighted by Crippen LogP contribution is -2.35. The molecule has 0 bridgehead atoms. The molecular formula is C18H22BrNO. The molecule has 0 fully saturated rings. The number of hydrogen-bond acceptors (Lipinski definition) is 2. The van der Waals surface area contributed by atoms with Crippen molar-refractivity contribution in [1.29, 1.82) is 0 Å². The van der Waals surface area contributed by atoms with E-state index in [1.54, 1.807) is 0 Å². The van der Waals surface area contributed by atoms with Crippen LogP contribution in [0, 0.1) is 6.92 Å². The Morgan fingerprint density at radius 3 is 2.19 bits per heavy atom. The predicted molar refractivity (Wildman–Crippen MR) is 92.0 cm³/mol. The van der Waals surface area contributed by atoms with E-state index in [4.69, 9.17) is 4.74 Å². The van der Waals surface area contributed by atoms with Crippen LogP contribution in [-0.2, 0) is 6.54 Å². The lowest BCUT2D eigenvalue weighted by molar-refractivity contribution is 0.423. The van der Waals surface area contributed by atoms with Gasteiger partial charge >= 0.3 is 0 Å². The van der Waals surface area contributed by atoms with Gasteiger partial charge in [-0.25, -0.2) is 0 Å². The maximum atomic E-state index is 5.86. The highest BCUT2D eigenvalue weighted by Gasteiger charge is 2.10. The Hall–Kier alpha value is -1.32. The zero-order valence-electron chi connectivity index (χ0n) is 13.0. The van der Waals surface area contributed by atoms with E-state index >= 15 is 0 Å². The van der Waals surface area contributed by atoms with Crippen LogP contribution in [0.25, 0.3) is 0 Å². The van der Waals surface area contributed by atoms with E-state index < -0.39 is 0 Å². The molecule has 2 aromatic rings. The van der Waals surface area contributed by atoms with Crippen molar-refractivity contribution < 1.29 is 4.74 Å². The van der Waals surface area contributed by atoms with Gasteiger partial charge in [-0.15, -0.1) is 0 Å². The summed E-state index contributed by atoms with van der Waals surface area (Å²) in [6.07, 6.45) is 0. The molecule has 2 nitrogen and oxygen atoms in total. The van der Waals surface area contributed by atoms with Crippen LogP contribution >= 0.6 is 15.9 Å². The van der Waals surface area contributed by atoms with Crippen molar-refractivity contribution in [2.75, 3.05) is 0 Å². The minimum atomic E-state index is 0.108. The Morgan fingerprint density at radius 2 is 1.62 bits per heavy atom. The van der Waals surface area contributed by atoms with Crippen molar-refractivity contribution in [2.24, 2.45) is 0 Å². The highest BCUT2D eigenvalue weighted by atomic mass is 79.9. The minimum Gasteiger partial charge on any atom is -0.457 e. The van der Waals surface area contributed by atoms with Crippen LogP contribution in [-0.4, -0.2) is 5.54 Å². The Kier molecular flexibility index (Phi) is 5.07. The quantitative estimate of drug-likeness (QED) is 0.795. The first-order chi connectivity index (χ1) is 9.83. The van der Waals surface area contributed by atoms with E-state index in [0.29, 0.717) is 0 Å². The number of aryl methyl sites for hydroxylation is 1. The molecule has 0 radical (unpaired) electrons. The summed E-state index contributed by atoms with van der Waals surface area (Å²) in [5, 5.41) is 3.48. The molecular weight excluding hydrogens is 326 g/mol. The first kappa shape index (κ1) is 16.1. The topological polar surface area (TPSA) is 21.3 Å².